The molecule has 0 saturated carbocycles. The first-order chi connectivity index (χ1) is 15.1. The van der Waals surface area contributed by atoms with Crippen molar-refractivity contribution in [1.82, 2.24) is 0 Å². The minimum atomic E-state index is 0.340. The highest BCUT2D eigenvalue weighted by atomic mass is 32.2. The van der Waals surface area contributed by atoms with Crippen molar-refractivity contribution in [2.24, 2.45) is 5.73 Å². The van der Waals surface area contributed by atoms with Crippen LogP contribution in [0.4, 0.5) is 0 Å². The number of hydrogen-bond acceptors (Lipinski definition) is 8. The van der Waals surface area contributed by atoms with Gasteiger partial charge in [0.1, 0.15) is 0 Å². The van der Waals surface area contributed by atoms with Gasteiger partial charge in [0.05, 0.1) is 40.4 Å². The number of nitrogens with two attached hydrogens (primary N) is 1. The minimum Gasteiger partial charge on any atom is -0.493 e. The molecule has 0 aliphatic carbocycles. The molecule has 2 aromatic rings. The van der Waals surface area contributed by atoms with E-state index < -0.39 is 0 Å². The summed E-state index contributed by atoms with van der Waals surface area (Å²) in [4.78, 5) is 1.07. The van der Waals surface area contributed by atoms with Crippen LogP contribution in [-0.2, 0) is 0 Å². The summed E-state index contributed by atoms with van der Waals surface area (Å²) in [5.41, 5.74) is 8.15. The van der Waals surface area contributed by atoms with E-state index in [0.29, 0.717) is 34.3 Å². The molecule has 6 nitrogen and oxygen atoms in total. The van der Waals surface area contributed by atoms with E-state index in [-0.39, 0.29) is 0 Å². The van der Waals surface area contributed by atoms with Gasteiger partial charge in [-0.3, -0.25) is 0 Å². The summed E-state index contributed by atoms with van der Waals surface area (Å²) < 4.78 is 27.8. The molecule has 2 atom stereocenters. The number of rotatable bonds is 10. The second-order valence-electron chi connectivity index (χ2n) is 7.04. The van der Waals surface area contributed by atoms with E-state index in [0.717, 1.165) is 35.0 Å². The zero-order valence-corrected chi connectivity index (χ0v) is 20.4. The maximum atomic E-state index is 5.72. The lowest BCUT2D eigenvalue weighted by atomic mass is 10.0. The predicted octanol–water partition coefficient (Wildman–Crippen LogP) is 5.09. The van der Waals surface area contributed by atoms with Crippen LogP contribution in [0.2, 0.25) is 0 Å². The van der Waals surface area contributed by atoms with Crippen molar-refractivity contribution in [3.8, 4) is 28.7 Å². The van der Waals surface area contributed by atoms with Crippen molar-refractivity contribution < 1.29 is 23.7 Å². The van der Waals surface area contributed by atoms with Gasteiger partial charge in [0.2, 0.25) is 5.75 Å². The van der Waals surface area contributed by atoms with Crippen LogP contribution >= 0.6 is 23.5 Å². The summed E-state index contributed by atoms with van der Waals surface area (Å²) >= 11 is 3.65. The molecule has 2 N–H and O–H groups in total. The number of hydrogen-bond donors (Lipinski definition) is 1. The summed E-state index contributed by atoms with van der Waals surface area (Å²) in [6.45, 7) is 0.613. The van der Waals surface area contributed by atoms with Gasteiger partial charge in [0.25, 0.3) is 0 Å². The molecule has 0 unspecified atom stereocenters. The quantitative estimate of drug-likeness (QED) is 0.487. The maximum Gasteiger partial charge on any atom is 0.203 e. The Kier molecular flexibility index (Phi) is 8.51. The van der Waals surface area contributed by atoms with Gasteiger partial charge >= 0.3 is 0 Å². The van der Waals surface area contributed by atoms with E-state index in [9.17, 15) is 0 Å². The second-order valence-corrected chi connectivity index (χ2v) is 9.59. The van der Waals surface area contributed by atoms with Crippen LogP contribution in [0.3, 0.4) is 0 Å². The highest BCUT2D eigenvalue weighted by molar-refractivity contribution is 8.00. The smallest absolute Gasteiger partial charge is 0.203 e. The SMILES string of the molecule is COc1cc([C@H]2CC[C@H](c3cc(OC)c(OC)c(SCCN)c3)S2)cc(OC)c1OC. The van der Waals surface area contributed by atoms with Gasteiger partial charge in [-0.15, -0.1) is 23.5 Å². The molecule has 0 amide bonds. The van der Waals surface area contributed by atoms with Crippen LogP contribution < -0.4 is 29.4 Å². The highest BCUT2D eigenvalue weighted by Gasteiger charge is 2.30. The van der Waals surface area contributed by atoms with Crippen LogP contribution in [-0.4, -0.2) is 47.8 Å². The zero-order valence-electron chi connectivity index (χ0n) is 18.7. The number of benzene rings is 2. The van der Waals surface area contributed by atoms with Gasteiger partial charge in [-0.05, 0) is 48.2 Å². The lowest BCUT2D eigenvalue weighted by Gasteiger charge is -2.19. The largest absolute Gasteiger partial charge is 0.493 e. The first-order valence-corrected chi connectivity index (χ1v) is 12.1. The first-order valence-electron chi connectivity index (χ1n) is 10.1. The van der Waals surface area contributed by atoms with E-state index in [4.69, 9.17) is 29.4 Å². The Balaban J connectivity index is 1.88. The summed E-state index contributed by atoms with van der Waals surface area (Å²) in [5.74, 6) is 4.36. The summed E-state index contributed by atoms with van der Waals surface area (Å²) in [6.07, 6.45) is 2.13. The third kappa shape index (κ3) is 5.13. The van der Waals surface area contributed by atoms with Gasteiger partial charge < -0.3 is 29.4 Å². The highest BCUT2D eigenvalue weighted by Crippen LogP contribution is 2.56. The molecule has 8 heteroatoms. The minimum absolute atomic E-state index is 0.340. The molecule has 170 valence electrons. The van der Waals surface area contributed by atoms with Crippen LogP contribution in [0.5, 0.6) is 28.7 Å². The fourth-order valence-electron chi connectivity index (χ4n) is 3.83. The molecule has 0 radical (unpaired) electrons. The molecule has 3 rings (SSSR count). The molecular formula is C23H31NO5S2. The van der Waals surface area contributed by atoms with Crippen LogP contribution in [0.25, 0.3) is 0 Å². The lowest BCUT2D eigenvalue weighted by Crippen LogP contribution is -2.02. The Labute approximate surface area is 193 Å². The average Bonchev–Trinajstić information content (AvgIpc) is 3.31. The fraction of sp³-hybridized carbons (Fsp3) is 0.478. The van der Waals surface area contributed by atoms with Crippen LogP contribution in [0.15, 0.2) is 29.2 Å². The molecule has 2 aromatic carbocycles. The van der Waals surface area contributed by atoms with Crippen molar-refractivity contribution in [3.63, 3.8) is 0 Å². The maximum absolute atomic E-state index is 5.72. The average molecular weight is 466 g/mol. The number of thioether (sulfide) groups is 2. The lowest BCUT2D eigenvalue weighted by molar-refractivity contribution is 0.323. The normalized spacial score (nSPS) is 18.0. The van der Waals surface area contributed by atoms with E-state index in [2.05, 4.69) is 24.3 Å². The summed E-state index contributed by atoms with van der Waals surface area (Å²) in [6, 6.07) is 8.43. The van der Waals surface area contributed by atoms with Crippen molar-refractivity contribution in [1.29, 1.82) is 0 Å². The molecule has 1 fully saturated rings. The molecular weight excluding hydrogens is 434 g/mol. The molecule has 0 spiro atoms. The Morgan fingerprint density at radius 3 is 1.71 bits per heavy atom. The van der Waals surface area contributed by atoms with E-state index >= 15 is 0 Å². The summed E-state index contributed by atoms with van der Waals surface area (Å²) in [7, 11) is 8.28. The number of ether oxygens (including phenoxy) is 5. The van der Waals surface area contributed by atoms with Crippen molar-refractivity contribution in [2.75, 3.05) is 47.8 Å². The monoisotopic (exact) mass is 465 g/mol. The Bertz CT molecular complexity index is 868. The fourth-order valence-corrected chi connectivity index (χ4v) is 6.23. The third-order valence-electron chi connectivity index (χ3n) is 5.29. The van der Waals surface area contributed by atoms with Crippen LogP contribution in [0, 0.1) is 0 Å². The Morgan fingerprint density at radius 2 is 1.26 bits per heavy atom. The van der Waals surface area contributed by atoms with Gasteiger partial charge in [0, 0.05) is 22.8 Å². The first kappa shape index (κ1) is 23.8. The van der Waals surface area contributed by atoms with Gasteiger partial charge in [0.15, 0.2) is 23.0 Å². The zero-order chi connectivity index (χ0) is 22.4. The molecule has 31 heavy (non-hydrogen) atoms. The van der Waals surface area contributed by atoms with E-state index in [1.54, 1.807) is 47.3 Å². The molecule has 1 heterocycles. The summed E-state index contributed by atoms with van der Waals surface area (Å²) in [5, 5.41) is 0.702. The van der Waals surface area contributed by atoms with Gasteiger partial charge in [-0.25, -0.2) is 0 Å². The van der Waals surface area contributed by atoms with Crippen molar-refractivity contribution in [3.05, 3.63) is 35.4 Å². The molecule has 1 aliphatic heterocycles. The van der Waals surface area contributed by atoms with E-state index in [1.807, 2.05) is 11.8 Å². The standard InChI is InChI=1S/C23H31NO5S2/c1-25-16-10-14(11-17(26-2)22(16)28-4)19-6-7-20(31-19)15-12-18(27-3)23(29-5)21(13-15)30-9-8-24/h10-13,19-20H,6-9,24H2,1-5H3/t19-,20-/m1/s1. The molecule has 0 bridgehead atoms. The molecule has 1 aliphatic rings. The van der Waals surface area contributed by atoms with Gasteiger partial charge in [-0.2, -0.15) is 0 Å². The third-order valence-corrected chi connectivity index (χ3v) is 8.02. The Hall–Kier alpha value is -1.90. The second kappa shape index (κ2) is 11.1. The van der Waals surface area contributed by atoms with E-state index in [1.165, 1.54) is 11.1 Å². The van der Waals surface area contributed by atoms with Crippen LogP contribution in [0.1, 0.15) is 34.5 Å². The number of methoxy groups -OCH3 is 5. The molecule has 0 aromatic heterocycles. The van der Waals surface area contributed by atoms with Crippen molar-refractivity contribution in [2.45, 2.75) is 28.2 Å². The van der Waals surface area contributed by atoms with Gasteiger partial charge in [-0.1, -0.05) is 0 Å². The van der Waals surface area contributed by atoms with Crippen molar-refractivity contribution >= 4 is 23.5 Å². The topological polar surface area (TPSA) is 72.2 Å². The Morgan fingerprint density at radius 1 is 0.774 bits per heavy atom. The predicted molar refractivity (Wildman–Crippen MR) is 128 cm³/mol. The molecule has 1 saturated heterocycles.